The fourth-order valence-electron chi connectivity index (χ4n) is 2.63. The second-order valence-corrected chi connectivity index (χ2v) is 5.86. The van der Waals surface area contributed by atoms with Crippen LogP contribution in [0.25, 0.3) is 11.3 Å². The molecule has 1 N–H and O–H groups in total. The Hall–Kier alpha value is -2.88. The van der Waals surface area contributed by atoms with Crippen LogP contribution in [0.15, 0.2) is 48.5 Å². The number of nitrogens with zero attached hydrogens (tertiary/aromatic N) is 2. The first-order valence-corrected chi connectivity index (χ1v) is 7.89. The largest absolute Gasteiger partial charge is 0.497 e. The highest BCUT2D eigenvalue weighted by atomic mass is 16.5. The molecule has 4 nitrogen and oxygen atoms in total. The van der Waals surface area contributed by atoms with Crippen molar-refractivity contribution in [2.75, 3.05) is 12.4 Å². The van der Waals surface area contributed by atoms with E-state index in [9.17, 15) is 0 Å². The number of hydrogen-bond acceptors (Lipinski definition) is 4. The Kier molecular flexibility index (Phi) is 4.47. The van der Waals surface area contributed by atoms with Crippen LogP contribution in [0.4, 0.5) is 11.5 Å². The lowest BCUT2D eigenvalue weighted by Crippen LogP contribution is -2.00. The van der Waals surface area contributed by atoms with Gasteiger partial charge in [0.15, 0.2) is 0 Å². The minimum absolute atomic E-state index is 0.732. The summed E-state index contributed by atoms with van der Waals surface area (Å²) in [5.74, 6) is 2.36. The van der Waals surface area contributed by atoms with Crippen molar-refractivity contribution in [2.45, 2.75) is 20.8 Å². The van der Waals surface area contributed by atoms with Crippen LogP contribution in [0.3, 0.4) is 0 Å². The molecule has 0 radical (unpaired) electrons. The van der Waals surface area contributed by atoms with E-state index in [0.29, 0.717) is 0 Å². The van der Waals surface area contributed by atoms with Crippen molar-refractivity contribution in [1.29, 1.82) is 0 Å². The molecule has 24 heavy (non-hydrogen) atoms. The number of hydrogen-bond donors (Lipinski definition) is 1. The van der Waals surface area contributed by atoms with Crippen LogP contribution in [0.1, 0.15) is 17.0 Å². The third-order valence-electron chi connectivity index (χ3n) is 3.87. The van der Waals surface area contributed by atoms with Crippen molar-refractivity contribution < 1.29 is 4.74 Å². The Balaban J connectivity index is 1.93. The first-order valence-electron chi connectivity index (χ1n) is 7.89. The van der Waals surface area contributed by atoms with Gasteiger partial charge in [-0.25, -0.2) is 9.97 Å². The Morgan fingerprint density at radius 3 is 2.29 bits per heavy atom. The van der Waals surface area contributed by atoms with Crippen LogP contribution in [0.5, 0.6) is 5.75 Å². The molecule has 0 aliphatic carbocycles. The lowest BCUT2D eigenvalue weighted by Gasteiger charge is -2.11. The van der Waals surface area contributed by atoms with Crippen LogP contribution in [-0.4, -0.2) is 17.1 Å². The van der Waals surface area contributed by atoms with Gasteiger partial charge in [-0.15, -0.1) is 0 Å². The predicted octanol–water partition coefficient (Wildman–Crippen LogP) is 4.82. The summed E-state index contributed by atoms with van der Waals surface area (Å²) in [6, 6.07) is 16.2. The van der Waals surface area contributed by atoms with E-state index in [2.05, 4.69) is 47.3 Å². The van der Waals surface area contributed by atoms with Crippen molar-refractivity contribution in [3.05, 3.63) is 65.5 Å². The fraction of sp³-hybridized carbons (Fsp3) is 0.200. The summed E-state index contributed by atoms with van der Waals surface area (Å²) in [6.45, 7) is 6.08. The van der Waals surface area contributed by atoms with E-state index in [4.69, 9.17) is 4.74 Å². The topological polar surface area (TPSA) is 47.0 Å². The van der Waals surface area contributed by atoms with Gasteiger partial charge in [-0.1, -0.05) is 17.7 Å². The Labute approximate surface area is 142 Å². The zero-order valence-corrected chi connectivity index (χ0v) is 14.4. The molecule has 0 atom stereocenters. The zero-order chi connectivity index (χ0) is 17.1. The number of aromatic nitrogens is 2. The Morgan fingerprint density at radius 1 is 0.875 bits per heavy atom. The summed E-state index contributed by atoms with van der Waals surface area (Å²) in [5, 5.41) is 3.40. The highest BCUT2D eigenvalue weighted by Crippen LogP contribution is 2.25. The molecule has 0 aliphatic rings. The van der Waals surface area contributed by atoms with Gasteiger partial charge in [0.25, 0.3) is 0 Å². The third kappa shape index (κ3) is 3.54. The highest BCUT2D eigenvalue weighted by molar-refractivity contribution is 5.67. The standard InChI is InChI=1S/C20H21N3O/c1-13-5-10-18(14(2)11-13)23-20-12-19(21-15(3)22-20)16-6-8-17(24-4)9-7-16/h5-12H,1-4H3,(H,21,22,23). The average molecular weight is 319 g/mol. The lowest BCUT2D eigenvalue weighted by atomic mass is 10.1. The molecular weight excluding hydrogens is 298 g/mol. The summed E-state index contributed by atoms with van der Waals surface area (Å²) in [4.78, 5) is 9.05. The number of ether oxygens (including phenoxy) is 1. The fourth-order valence-corrected chi connectivity index (χ4v) is 2.63. The summed E-state index contributed by atoms with van der Waals surface area (Å²) in [6.07, 6.45) is 0. The highest BCUT2D eigenvalue weighted by Gasteiger charge is 2.07. The lowest BCUT2D eigenvalue weighted by molar-refractivity contribution is 0.415. The third-order valence-corrected chi connectivity index (χ3v) is 3.87. The van der Waals surface area contributed by atoms with Gasteiger partial charge in [-0.05, 0) is 56.7 Å². The van der Waals surface area contributed by atoms with E-state index >= 15 is 0 Å². The van der Waals surface area contributed by atoms with E-state index in [1.807, 2.05) is 37.3 Å². The molecule has 1 aromatic heterocycles. The molecule has 0 amide bonds. The minimum atomic E-state index is 0.732. The molecule has 0 saturated heterocycles. The molecule has 3 rings (SSSR count). The summed E-state index contributed by atoms with van der Waals surface area (Å²) in [7, 11) is 1.66. The molecular formula is C20H21N3O. The van der Waals surface area contributed by atoms with Gasteiger partial charge in [0.2, 0.25) is 0 Å². The maximum atomic E-state index is 5.21. The first-order chi connectivity index (χ1) is 11.5. The number of aryl methyl sites for hydroxylation is 3. The molecule has 0 bridgehead atoms. The summed E-state index contributed by atoms with van der Waals surface area (Å²) in [5.41, 5.74) is 5.41. The van der Waals surface area contributed by atoms with E-state index in [0.717, 1.165) is 34.3 Å². The van der Waals surface area contributed by atoms with Crippen molar-refractivity contribution >= 4 is 11.5 Å². The molecule has 1 heterocycles. The van der Waals surface area contributed by atoms with Crippen LogP contribution < -0.4 is 10.1 Å². The van der Waals surface area contributed by atoms with Gasteiger partial charge >= 0.3 is 0 Å². The monoisotopic (exact) mass is 319 g/mol. The molecule has 2 aromatic carbocycles. The summed E-state index contributed by atoms with van der Waals surface area (Å²) < 4.78 is 5.21. The second-order valence-electron chi connectivity index (χ2n) is 5.86. The van der Waals surface area contributed by atoms with E-state index in [1.54, 1.807) is 7.11 Å². The maximum absolute atomic E-state index is 5.21. The Bertz CT molecular complexity index is 857. The van der Waals surface area contributed by atoms with Crippen LogP contribution in [0.2, 0.25) is 0 Å². The van der Waals surface area contributed by atoms with Gasteiger partial charge in [-0.2, -0.15) is 0 Å². The molecule has 0 spiro atoms. The van der Waals surface area contributed by atoms with E-state index < -0.39 is 0 Å². The van der Waals surface area contributed by atoms with Crippen molar-refractivity contribution in [1.82, 2.24) is 9.97 Å². The number of benzene rings is 2. The molecule has 4 heteroatoms. The Morgan fingerprint density at radius 2 is 1.62 bits per heavy atom. The number of nitrogens with one attached hydrogen (secondary N) is 1. The molecule has 122 valence electrons. The SMILES string of the molecule is COc1ccc(-c2cc(Nc3ccc(C)cc3C)nc(C)n2)cc1. The average Bonchev–Trinajstić information content (AvgIpc) is 2.57. The summed E-state index contributed by atoms with van der Waals surface area (Å²) >= 11 is 0. The van der Waals surface area contributed by atoms with Gasteiger partial charge in [0, 0.05) is 17.3 Å². The minimum Gasteiger partial charge on any atom is -0.497 e. The van der Waals surface area contributed by atoms with Crippen molar-refractivity contribution in [3.63, 3.8) is 0 Å². The molecule has 0 unspecified atom stereocenters. The van der Waals surface area contributed by atoms with Crippen LogP contribution in [0, 0.1) is 20.8 Å². The molecule has 3 aromatic rings. The molecule has 0 aliphatic heterocycles. The molecule has 0 saturated carbocycles. The number of rotatable bonds is 4. The maximum Gasteiger partial charge on any atom is 0.134 e. The second kappa shape index (κ2) is 6.71. The number of methoxy groups -OCH3 is 1. The van der Waals surface area contributed by atoms with Crippen molar-refractivity contribution in [2.24, 2.45) is 0 Å². The normalized spacial score (nSPS) is 10.5. The predicted molar refractivity (Wildman–Crippen MR) is 98.0 cm³/mol. The van der Waals surface area contributed by atoms with Crippen LogP contribution in [-0.2, 0) is 0 Å². The number of anilines is 2. The van der Waals surface area contributed by atoms with E-state index in [-0.39, 0.29) is 0 Å². The van der Waals surface area contributed by atoms with Gasteiger partial charge in [0.1, 0.15) is 17.4 Å². The van der Waals surface area contributed by atoms with Gasteiger partial charge in [-0.3, -0.25) is 0 Å². The molecule has 0 fully saturated rings. The first kappa shape index (κ1) is 16.0. The van der Waals surface area contributed by atoms with Gasteiger partial charge in [0.05, 0.1) is 12.8 Å². The van der Waals surface area contributed by atoms with Gasteiger partial charge < -0.3 is 10.1 Å². The zero-order valence-electron chi connectivity index (χ0n) is 14.4. The van der Waals surface area contributed by atoms with Crippen molar-refractivity contribution in [3.8, 4) is 17.0 Å². The van der Waals surface area contributed by atoms with Crippen LogP contribution >= 0.6 is 0 Å². The quantitative estimate of drug-likeness (QED) is 0.749. The van der Waals surface area contributed by atoms with E-state index in [1.165, 1.54) is 11.1 Å². The smallest absolute Gasteiger partial charge is 0.134 e.